The Labute approximate surface area is 79.7 Å². The van der Waals surface area contributed by atoms with Crippen molar-refractivity contribution in [2.24, 2.45) is 0 Å². The molecule has 3 nitrogen and oxygen atoms in total. The second-order valence-corrected chi connectivity index (χ2v) is 4.13. The van der Waals surface area contributed by atoms with E-state index in [1.54, 1.807) is 0 Å². The van der Waals surface area contributed by atoms with Crippen LogP contribution < -0.4 is 0 Å². The molecule has 0 bridgehead atoms. The first kappa shape index (κ1) is 9.80. The third-order valence-corrected chi connectivity index (χ3v) is 2.89. The maximum absolute atomic E-state index is 10.6. The molecule has 0 atom stereocenters. The molecule has 0 aliphatic rings. The summed E-state index contributed by atoms with van der Waals surface area (Å²) in [6.07, 6.45) is 0. The molecule has 0 aliphatic carbocycles. The lowest BCUT2D eigenvalue weighted by molar-refractivity contribution is 0.483. The summed E-state index contributed by atoms with van der Waals surface area (Å²) in [6, 6.07) is 4.91. The van der Waals surface area contributed by atoms with Gasteiger partial charge in [-0.25, -0.2) is 0 Å². The summed E-state index contributed by atoms with van der Waals surface area (Å²) in [4.78, 5) is -0.482. The van der Waals surface area contributed by atoms with Crippen molar-refractivity contribution in [3.8, 4) is 0 Å². The van der Waals surface area contributed by atoms with Gasteiger partial charge in [-0.1, -0.05) is 23.2 Å². The molecule has 0 saturated heterocycles. The Morgan fingerprint density at radius 1 is 1.25 bits per heavy atom. The van der Waals surface area contributed by atoms with Gasteiger partial charge in [0.15, 0.2) is 0 Å². The van der Waals surface area contributed by atoms with Crippen LogP contribution in [0.2, 0.25) is 10.0 Å². The molecule has 1 rings (SSSR count). The van der Waals surface area contributed by atoms with Gasteiger partial charge in [0.1, 0.15) is 4.90 Å². The molecule has 12 heavy (non-hydrogen) atoms. The highest BCUT2D eigenvalue weighted by Crippen LogP contribution is 2.27. The highest BCUT2D eigenvalue weighted by molar-refractivity contribution is 7.86. The van der Waals surface area contributed by atoms with E-state index in [-0.39, 0.29) is 10.0 Å². The Kier molecular flexibility index (Phi) is 2.63. The molecular weight excluding hydrogens is 223 g/mol. The summed E-state index contributed by atoms with van der Waals surface area (Å²) in [7, 11) is -4.35. The molecule has 0 fully saturated rings. The van der Waals surface area contributed by atoms with Crippen LogP contribution in [0.3, 0.4) is 0 Å². The number of hydrogen-bond acceptors (Lipinski definition) is 2. The lowest BCUT2D eigenvalue weighted by Crippen LogP contribution is -1.99. The highest BCUT2D eigenvalue weighted by Gasteiger charge is 2.17. The lowest BCUT2D eigenvalue weighted by atomic mass is 10.4. The quantitative estimate of drug-likeness (QED) is 0.745. The molecule has 0 amide bonds. The summed E-state index contributed by atoms with van der Waals surface area (Å²) < 4.78 is 29.9. The van der Waals surface area contributed by atoms with E-state index in [9.17, 15) is 8.42 Å². The highest BCUT2D eigenvalue weighted by atomic mass is 35.5. The molecule has 0 aromatic heterocycles. The Bertz CT molecular complexity index is 379. The van der Waals surface area contributed by atoms with Crippen molar-refractivity contribution in [2.75, 3.05) is 0 Å². The average Bonchev–Trinajstić information content (AvgIpc) is 1.82. The van der Waals surface area contributed by atoms with Crippen molar-refractivity contribution in [3.05, 3.63) is 28.2 Å². The van der Waals surface area contributed by atoms with Crippen LogP contribution in [0.25, 0.3) is 0 Å². The van der Waals surface area contributed by atoms with Crippen molar-refractivity contribution in [2.45, 2.75) is 4.90 Å². The van der Waals surface area contributed by atoms with E-state index in [1.165, 1.54) is 12.1 Å². The van der Waals surface area contributed by atoms with E-state index in [4.69, 9.17) is 27.8 Å². The first-order chi connectivity index (χ1) is 5.43. The van der Waals surface area contributed by atoms with E-state index >= 15 is 0 Å². The first-order valence-electron chi connectivity index (χ1n) is 2.75. The van der Waals surface area contributed by atoms with Gasteiger partial charge in [0, 0.05) is 0 Å². The third-order valence-electron chi connectivity index (χ3n) is 1.11. The fraction of sp³-hybridized carbons (Fsp3) is 0. The zero-order valence-electron chi connectivity index (χ0n) is 5.58. The third kappa shape index (κ3) is 1.90. The molecule has 0 heterocycles. The Balaban J connectivity index is 3.53. The molecule has 1 radical (unpaired) electrons. The van der Waals surface area contributed by atoms with Crippen LogP contribution in [0.15, 0.2) is 17.0 Å². The predicted molar refractivity (Wildman–Crippen MR) is 45.1 cm³/mol. The fourth-order valence-electron chi connectivity index (χ4n) is 0.680. The maximum atomic E-state index is 10.6. The molecule has 0 saturated carbocycles. The SMILES string of the molecule is O=S(=O)(O)c1c(Cl)c[c]cc1Cl. The van der Waals surface area contributed by atoms with Crippen LogP contribution in [0.1, 0.15) is 0 Å². The number of hydrogen-bond donors (Lipinski definition) is 1. The molecule has 65 valence electrons. The van der Waals surface area contributed by atoms with E-state index < -0.39 is 15.0 Å². The van der Waals surface area contributed by atoms with Crippen molar-refractivity contribution < 1.29 is 13.0 Å². The van der Waals surface area contributed by atoms with Gasteiger partial charge in [-0.3, -0.25) is 4.55 Å². The van der Waals surface area contributed by atoms with Crippen LogP contribution in [-0.4, -0.2) is 13.0 Å². The van der Waals surface area contributed by atoms with Crippen molar-refractivity contribution in [3.63, 3.8) is 0 Å². The van der Waals surface area contributed by atoms with E-state index in [0.717, 1.165) is 0 Å². The van der Waals surface area contributed by atoms with Gasteiger partial charge in [-0.05, 0) is 18.2 Å². The molecule has 0 unspecified atom stereocenters. The van der Waals surface area contributed by atoms with E-state index in [1.807, 2.05) is 0 Å². The largest absolute Gasteiger partial charge is 0.297 e. The van der Waals surface area contributed by atoms with E-state index in [0.29, 0.717) is 0 Å². The van der Waals surface area contributed by atoms with E-state index in [2.05, 4.69) is 6.07 Å². The van der Waals surface area contributed by atoms with Gasteiger partial charge in [0.25, 0.3) is 10.1 Å². The number of rotatable bonds is 1. The number of halogens is 2. The molecule has 1 N–H and O–H groups in total. The van der Waals surface area contributed by atoms with Crippen molar-refractivity contribution in [1.82, 2.24) is 0 Å². The first-order valence-corrected chi connectivity index (χ1v) is 4.95. The predicted octanol–water partition coefficient (Wildman–Crippen LogP) is 2.04. The van der Waals surface area contributed by atoms with Crippen molar-refractivity contribution in [1.29, 1.82) is 0 Å². The summed E-state index contributed by atoms with van der Waals surface area (Å²) in [5, 5.41) is -0.296. The van der Waals surface area contributed by atoms with Crippen LogP contribution in [0.4, 0.5) is 0 Å². The Morgan fingerprint density at radius 2 is 1.67 bits per heavy atom. The lowest BCUT2D eigenvalue weighted by Gasteiger charge is -2.00. The Hall–Kier alpha value is -0.290. The second-order valence-electron chi connectivity index (χ2n) is 1.96. The van der Waals surface area contributed by atoms with Gasteiger partial charge >= 0.3 is 0 Å². The smallest absolute Gasteiger partial charge is 0.282 e. The topological polar surface area (TPSA) is 54.4 Å². The molecule has 1 aromatic rings. The minimum absolute atomic E-state index is 0.148. The van der Waals surface area contributed by atoms with Crippen LogP contribution in [0.5, 0.6) is 0 Å². The van der Waals surface area contributed by atoms with Gasteiger partial charge in [-0.2, -0.15) is 8.42 Å². The van der Waals surface area contributed by atoms with Gasteiger partial charge < -0.3 is 0 Å². The summed E-state index contributed by atoms with van der Waals surface area (Å²) in [5.41, 5.74) is 0. The Morgan fingerprint density at radius 3 is 1.92 bits per heavy atom. The summed E-state index contributed by atoms with van der Waals surface area (Å²) in [5.74, 6) is 0. The van der Waals surface area contributed by atoms with Crippen molar-refractivity contribution >= 4 is 33.3 Å². The average molecular weight is 226 g/mol. The van der Waals surface area contributed by atoms with Crippen LogP contribution in [-0.2, 0) is 10.1 Å². The van der Waals surface area contributed by atoms with Gasteiger partial charge in [0.2, 0.25) is 0 Å². The molecule has 0 aliphatic heterocycles. The zero-order valence-corrected chi connectivity index (χ0v) is 7.91. The summed E-state index contributed by atoms with van der Waals surface area (Å²) in [6.45, 7) is 0. The monoisotopic (exact) mass is 225 g/mol. The standard InChI is InChI=1S/C6H3Cl2O3S/c7-4-2-1-3-5(8)6(4)12(9,10)11/h2-3H,(H,9,10,11). The molecular formula is C6H3Cl2O3S. The normalized spacial score (nSPS) is 11.6. The minimum atomic E-state index is -4.35. The minimum Gasteiger partial charge on any atom is -0.282 e. The molecule has 0 spiro atoms. The number of benzene rings is 1. The van der Waals surface area contributed by atoms with Crippen LogP contribution in [0, 0.1) is 6.07 Å². The zero-order chi connectivity index (χ0) is 9.35. The van der Waals surface area contributed by atoms with Gasteiger partial charge in [0.05, 0.1) is 10.0 Å². The molecule has 6 heteroatoms. The van der Waals surface area contributed by atoms with Crippen LogP contribution >= 0.6 is 23.2 Å². The molecule has 1 aromatic carbocycles. The van der Waals surface area contributed by atoms with Gasteiger partial charge in [-0.15, -0.1) is 0 Å². The summed E-state index contributed by atoms with van der Waals surface area (Å²) >= 11 is 10.9. The second kappa shape index (κ2) is 3.22. The maximum Gasteiger partial charge on any atom is 0.297 e. The fourth-order valence-corrected chi connectivity index (χ4v) is 2.25.